The van der Waals surface area contributed by atoms with Gasteiger partial charge in [0.2, 0.25) is 0 Å². The van der Waals surface area contributed by atoms with Crippen molar-refractivity contribution in [2.24, 2.45) is 0 Å². The molecule has 0 aliphatic rings. The van der Waals surface area contributed by atoms with Crippen molar-refractivity contribution >= 4 is 17.9 Å². The van der Waals surface area contributed by atoms with Crippen LogP contribution in [0.3, 0.4) is 0 Å². The van der Waals surface area contributed by atoms with Crippen LogP contribution in [0.4, 0.5) is 0 Å². The summed E-state index contributed by atoms with van der Waals surface area (Å²) in [5.41, 5.74) is 0.813. The fourth-order valence-corrected chi connectivity index (χ4v) is 1.62. The zero-order valence-corrected chi connectivity index (χ0v) is 17.5. The number of rotatable bonds is 11. The molecule has 0 heterocycles. The van der Waals surface area contributed by atoms with Gasteiger partial charge in [0.15, 0.2) is 0 Å². The van der Waals surface area contributed by atoms with E-state index in [2.05, 4.69) is 6.92 Å². The van der Waals surface area contributed by atoms with E-state index in [0.29, 0.717) is 6.61 Å². The van der Waals surface area contributed by atoms with Gasteiger partial charge in [0.1, 0.15) is 0 Å². The number of ether oxygens (including phenoxy) is 1. The Balaban J connectivity index is -0.000000190. The predicted molar refractivity (Wildman–Crippen MR) is 89.4 cm³/mol. The molecule has 0 aliphatic carbocycles. The molecular weight excluding hydrogens is 323 g/mol. The van der Waals surface area contributed by atoms with Gasteiger partial charge < -0.3 is 16.4 Å². The second-order valence-electron chi connectivity index (χ2n) is 4.98. The molecule has 0 unspecified atom stereocenters. The number of unbranched alkanes of at least 4 members (excludes halogenated alkanes) is 3. The van der Waals surface area contributed by atoms with Crippen LogP contribution in [0.1, 0.15) is 73.6 Å². The molecule has 0 amide bonds. The molecular formula is C17H31NaO6. The van der Waals surface area contributed by atoms with Crippen molar-refractivity contribution in [3.8, 4) is 0 Å². The van der Waals surface area contributed by atoms with E-state index in [1.54, 1.807) is 0 Å². The molecule has 0 aromatic heterocycles. The number of aliphatic carboxylic acids is 2. The van der Waals surface area contributed by atoms with E-state index in [0.717, 1.165) is 31.3 Å². The standard InChI is InChI=1S/C13H24O2.C4H6O4.Na.H/c1-4-7-8-9-11-15-13(14)12(6-3)10-5-2;5-3(6)1-2-4(7)8;;/h10H,4-9,11H2,1-3H3;1-2H2,(H,5,6)(H,7,8);;/q;;+1;-1. The van der Waals surface area contributed by atoms with Crippen LogP contribution in [0.15, 0.2) is 11.6 Å². The number of allylic oxidation sites excluding steroid dienone is 1. The van der Waals surface area contributed by atoms with Crippen LogP contribution < -0.4 is 29.6 Å². The van der Waals surface area contributed by atoms with Crippen LogP contribution in [0.25, 0.3) is 0 Å². The summed E-state index contributed by atoms with van der Waals surface area (Å²) < 4.78 is 5.19. The summed E-state index contributed by atoms with van der Waals surface area (Å²) in [7, 11) is 0. The summed E-state index contributed by atoms with van der Waals surface area (Å²) >= 11 is 0. The van der Waals surface area contributed by atoms with Crippen LogP contribution in [0.5, 0.6) is 0 Å². The topological polar surface area (TPSA) is 101 Å². The maximum absolute atomic E-state index is 11.5. The van der Waals surface area contributed by atoms with Gasteiger partial charge in [-0.3, -0.25) is 9.59 Å². The van der Waals surface area contributed by atoms with Crippen LogP contribution in [-0.2, 0) is 19.1 Å². The zero-order chi connectivity index (χ0) is 18.1. The molecule has 24 heavy (non-hydrogen) atoms. The Hall–Kier alpha value is -0.850. The summed E-state index contributed by atoms with van der Waals surface area (Å²) in [4.78, 5) is 30.8. The minimum absolute atomic E-state index is 0. The fourth-order valence-electron chi connectivity index (χ4n) is 1.62. The average molecular weight is 354 g/mol. The Bertz CT molecular complexity index is 371. The number of carbonyl (C=O) groups is 3. The van der Waals surface area contributed by atoms with Crippen molar-refractivity contribution in [3.05, 3.63) is 11.6 Å². The van der Waals surface area contributed by atoms with Gasteiger partial charge in [0.05, 0.1) is 19.4 Å². The SMILES string of the molecule is CCC=C(CC)C(=O)OCCCCCC.O=C(O)CCC(=O)O.[H-].[Na+]. The fraction of sp³-hybridized carbons (Fsp3) is 0.706. The largest absolute Gasteiger partial charge is 1.00 e. The van der Waals surface area contributed by atoms with E-state index >= 15 is 0 Å². The first-order valence-electron chi connectivity index (χ1n) is 8.18. The number of carboxylic acids is 2. The summed E-state index contributed by atoms with van der Waals surface area (Å²) in [6.45, 7) is 6.76. The van der Waals surface area contributed by atoms with E-state index in [9.17, 15) is 14.4 Å². The molecule has 136 valence electrons. The Morgan fingerprint density at radius 1 is 0.958 bits per heavy atom. The van der Waals surface area contributed by atoms with E-state index in [1.807, 2.05) is 19.9 Å². The first kappa shape index (κ1) is 28.0. The minimum Gasteiger partial charge on any atom is -1.00 e. The summed E-state index contributed by atoms with van der Waals surface area (Å²) in [6, 6.07) is 0. The van der Waals surface area contributed by atoms with Gasteiger partial charge in [0.25, 0.3) is 0 Å². The Morgan fingerprint density at radius 3 is 1.88 bits per heavy atom. The van der Waals surface area contributed by atoms with E-state index < -0.39 is 11.9 Å². The molecule has 0 fully saturated rings. The van der Waals surface area contributed by atoms with Crippen molar-refractivity contribution in [1.82, 2.24) is 0 Å². The first-order chi connectivity index (χ1) is 10.9. The zero-order valence-electron chi connectivity index (χ0n) is 16.5. The van der Waals surface area contributed by atoms with E-state index in [1.165, 1.54) is 12.8 Å². The first-order valence-corrected chi connectivity index (χ1v) is 8.18. The predicted octanol–water partition coefficient (Wildman–Crippen LogP) is 0.909. The van der Waals surface area contributed by atoms with Gasteiger partial charge in [-0.15, -0.1) is 0 Å². The van der Waals surface area contributed by atoms with Crippen molar-refractivity contribution in [2.75, 3.05) is 6.61 Å². The summed E-state index contributed by atoms with van der Waals surface area (Å²) in [6.07, 6.45) is 7.60. The Morgan fingerprint density at radius 2 is 1.50 bits per heavy atom. The van der Waals surface area contributed by atoms with Crippen molar-refractivity contribution in [3.63, 3.8) is 0 Å². The van der Waals surface area contributed by atoms with Crippen LogP contribution in [0, 0.1) is 0 Å². The molecule has 0 aromatic rings. The van der Waals surface area contributed by atoms with Crippen molar-refractivity contribution < 1.29 is 60.3 Å². The quantitative estimate of drug-likeness (QED) is 0.248. The molecule has 6 nitrogen and oxygen atoms in total. The molecule has 0 rings (SSSR count). The molecule has 0 saturated heterocycles. The second-order valence-corrected chi connectivity index (χ2v) is 4.98. The van der Waals surface area contributed by atoms with Gasteiger partial charge in [0, 0.05) is 5.57 Å². The van der Waals surface area contributed by atoms with Crippen molar-refractivity contribution in [2.45, 2.75) is 72.1 Å². The van der Waals surface area contributed by atoms with Crippen LogP contribution in [0.2, 0.25) is 0 Å². The summed E-state index contributed by atoms with van der Waals surface area (Å²) in [5, 5.41) is 15.8. The molecule has 0 atom stereocenters. The smallest absolute Gasteiger partial charge is 1.00 e. The van der Waals surface area contributed by atoms with Crippen LogP contribution in [-0.4, -0.2) is 34.7 Å². The third kappa shape index (κ3) is 21.1. The maximum atomic E-state index is 11.5. The van der Waals surface area contributed by atoms with Gasteiger partial charge in [-0.2, -0.15) is 0 Å². The van der Waals surface area contributed by atoms with Gasteiger partial charge in [-0.1, -0.05) is 46.1 Å². The second kappa shape index (κ2) is 20.2. The average Bonchev–Trinajstić information content (AvgIpc) is 2.50. The van der Waals surface area contributed by atoms with E-state index in [-0.39, 0.29) is 49.8 Å². The number of carbonyl (C=O) groups excluding carboxylic acids is 1. The molecule has 0 saturated carbocycles. The monoisotopic (exact) mass is 354 g/mol. The number of hydrogen-bond donors (Lipinski definition) is 2. The molecule has 0 aliphatic heterocycles. The number of carboxylic acid groups (broad SMARTS) is 2. The molecule has 0 spiro atoms. The normalized spacial score (nSPS) is 10.0. The molecule has 0 aromatic carbocycles. The molecule has 7 heteroatoms. The third-order valence-corrected chi connectivity index (χ3v) is 2.88. The van der Waals surface area contributed by atoms with Gasteiger partial charge in [-0.25, -0.2) is 4.79 Å². The van der Waals surface area contributed by atoms with Crippen LogP contribution >= 0.6 is 0 Å². The third-order valence-electron chi connectivity index (χ3n) is 2.88. The Labute approximate surface area is 168 Å². The Kier molecular flexibility index (Phi) is 23.5. The van der Waals surface area contributed by atoms with Crippen molar-refractivity contribution in [1.29, 1.82) is 0 Å². The molecule has 2 N–H and O–H groups in total. The molecule has 0 bridgehead atoms. The maximum Gasteiger partial charge on any atom is 1.00 e. The number of hydrogen-bond acceptors (Lipinski definition) is 4. The van der Waals surface area contributed by atoms with E-state index in [4.69, 9.17) is 14.9 Å². The summed E-state index contributed by atoms with van der Waals surface area (Å²) in [5.74, 6) is -2.28. The van der Waals surface area contributed by atoms with Gasteiger partial charge >= 0.3 is 47.5 Å². The van der Waals surface area contributed by atoms with Gasteiger partial charge in [-0.05, 0) is 19.3 Å². The number of esters is 1. The molecule has 0 radical (unpaired) electrons. The minimum atomic E-state index is -1.08.